The van der Waals surface area contributed by atoms with Crippen molar-refractivity contribution in [2.24, 2.45) is 5.73 Å². The molecular formula is C12H12N6O2S. The maximum Gasteiger partial charge on any atom is 0.253 e. The Bertz CT molecular complexity index is 830. The van der Waals surface area contributed by atoms with Crippen LogP contribution in [-0.2, 0) is 11.3 Å². The van der Waals surface area contributed by atoms with E-state index < -0.39 is 5.91 Å². The molecule has 3 rings (SSSR count). The highest BCUT2D eigenvalue weighted by Crippen LogP contribution is 2.29. The minimum absolute atomic E-state index is 0.123. The summed E-state index contributed by atoms with van der Waals surface area (Å²) in [4.78, 5) is 24.2. The normalized spacial score (nSPS) is 10.9. The number of primary amides is 1. The number of carbonyl (C=O) groups is 2. The van der Waals surface area contributed by atoms with Crippen molar-refractivity contribution in [3.8, 4) is 10.4 Å². The Hall–Kier alpha value is -2.68. The molecule has 108 valence electrons. The van der Waals surface area contributed by atoms with Crippen molar-refractivity contribution in [1.29, 1.82) is 0 Å². The van der Waals surface area contributed by atoms with Crippen molar-refractivity contribution in [2.45, 2.75) is 6.54 Å². The molecule has 0 saturated heterocycles. The van der Waals surface area contributed by atoms with Gasteiger partial charge in [-0.25, -0.2) is 4.52 Å². The van der Waals surface area contributed by atoms with Gasteiger partial charge in [-0.2, -0.15) is 10.2 Å². The Kier molecular flexibility index (Phi) is 3.18. The van der Waals surface area contributed by atoms with E-state index in [0.29, 0.717) is 10.4 Å². The number of hydrogen-bond donors (Lipinski definition) is 2. The second kappa shape index (κ2) is 5.02. The van der Waals surface area contributed by atoms with Crippen molar-refractivity contribution in [3.63, 3.8) is 0 Å². The van der Waals surface area contributed by atoms with Crippen molar-refractivity contribution in [1.82, 2.24) is 24.7 Å². The lowest BCUT2D eigenvalue weighted by molar-refractivity contribution is -0.121. The molecule has 0 unspecified atom stereocenters. The number of nitrogens with zero attached hydrogens (tertiary/aromatic N) is 4. The van der Waals surface area contributed by atoms with E-state index >= 15 is 0 Å². The van der Waals surface area contributed by atoms with Gasteiger partial charge in [-0.15, -0.1) is 11.3 Å². The number of likely N-dealkylation sites (N-methyl/N-ethyl adjacent to an activating group) is 1. The summed E-state index contributed by atoms with van der Waals surface area (Å²) in [6, 6.07) is 0. The first kappa shape index (κ1) is 13.3. The van der Waals surface area contributed by atoms with Gasteiger partial charge < -0.3 is 11.1 Å². The van der Waals surface area contributed by atoms with Crippen molar-refractivity contribution in [2.75, 3.05) is 7.05 Å². The second-order valence-corrected chi connectivity index (χ2v) is 5.40. The Morgan fingerprint density at radius 2 is 2.14 bits per heavy atom. The summed E-state index contributed by atoms with van der Waals surface area (Å²) in [5, 5.41) is 10.8. The average Bonchev–Trinajstić information content (AvgIpc) is 3.11. The van der Waals surface area contributed by atoms with Crippen molar-refractivity contribution >= 4 is 28.0 Å². The molecule has 0 aliphatic carbocycles. The Balaban J connectivity index is 1.93. The van der Waals surface area contributed by atoms with Gasteiger partial charge in [0.15, 0.2) is 0 Å². The molecule has 3 aromatic rings. The zero-order valence-corrected chi connectivity index (χ0v) is 11.9. The molecule has 0 atom stereocenters. The fourth-order valence-corrected chi connectivity index (χ4v) is 2.93. The van der Waals surface area contributed by atoms with E-state index in [1.807, 2.05) is 0 Å². The maximum absolute atomic E-state index is 11.3. The van der Waals surface area contributed by atoms with Gasteiger partial charge in [0.05, 0.1) is 22.8 Å². The van der Waals surface area contributed by atoms with E-state index in [-0.39, 0.29) is 12.5 Å². The van der Waals surface area contributed by atoms with Gasteiger partial charge in [0.2, 0.25) is 5.91 Å². The monoisotopic (exact) mass is 304 g/mol. The molecule has 0 bridgehead atoms. The summed E-state index contributed by atoms with van der Waals surface area (Å²) in [6.07, 6.45) is 6.68. The highest BCUT2D eigenvalue weighted by molar-refractivity contribution is 7.21. The molecule has 9 heteroatoms. The molecule has 0 fully saturated rings. The van der Waals surface area contributed by atoms with Gasteiger partial charge in [0, 0.05) is 25.0 Å². The Labute approximate surface area is 123 Å². The van der Waals surface area contributed by atoms with Crippen molar-refractivity contribution < 1.29 is 9.59 Å². The maximum atomic E-state index is 11.3. The van der Waals surface area contributed by atoms with Gasteiger partial charge in [0.25, 0.3) is 5.91 Å². The van der Waals surface area contributed by atoms with Crippen LogP contribution in [-0.4, -0.2) is 38.3 Å². The number of thiazole rings is 1. The van der Waals surface area contributed by atoms with Gasteiger partial charge in [0.1, 0.15) is 11.4 Å². The molecule has 3 N–H and O–H groups in total. The minimum Gasteiger partial charge on any atom is -0.365 e. The lowest BCUT2D eigenvalue weighted by Gasteiger charge is -1.98. The average molecular weight is 304 g/mol. The fourth-order valence-electron chi connectivity index (χ4n) is 1.89. The first-order chi connectivity index (χ1) is 10.1. The van der Waals surface area contributed by atoms with Crippen molar-refractivity contribution in [3.05, 3.63) is 30.4 Å². The lowest BCUT2D eigenvalue weighted by atomic mass is 10.3. The predicted molar refractivity (Wildman–Crippen MR) is 76.9 cm³/mol. The summed E-state index contributed by atoms with van der Waals surface area (Å²) in [5.74, 6) is -0.629. The van der Waals surface area contributed by atoms with Gasteiger partial charge in [-0.05, 0) is 0 Å². The summed E-state index contributed by atoms with van der Waals surface area (Å²) in [5.41, 5.74) is 6.54. The van der Waals surface area contributed by atoms with Crippen LogP contribution in [0.5, 0.6) is 0 Å². The highest BCUT2D eigenvalue weighted by Gasteiger charge is 2.14. The van der Waals surface area contributed by atoms with E-state index in [1.165, 1.54) is 17.5 Å². The van der Waals surface area contributed by atoms with Crippen LogP contribution in [0.15, 0.2) is 24.8 Å². The molecule has 2 amide bonds. The van der Waals surface area contributed by atoms with E-state index in [9.17, 15) is 9.59 Å². The number of nitrogens with two attached hydrogens (primary N) is 1. The zero-order valence-electron chi connectivity index (χ0n) is 11.1. The van der Waals surface area contributed by atoms with Crippen LogP contribution in [0.1, 0.15) is 10.4 Å². The highest BCUT2D eigenvalue weighted by atomic mass is 32.1. The van der Waals surface area contributed by atoms with Gasteiger partial charge in [-0.3, -0.25) is 14.3 Å². The summed E-state index contributed by atoms with van der Waals surface area (Å²) >= 11 is 1.40. The van der Waals surface area contributed by atoms with Crippen LogP contribution < -0.4 is 11.1 Å². The summed E-state index contributed by atoms with van der Waals surface area (Å²) < 4.78 is 3.15. The second-order valence-electron chi connectivity index (χ2n) is 4.37. The topological polar surface area (TPSA) is 107 Å². The smallest absolute Gasteiger partial charge is 0.253 e. The number of aromatic nitrogens is 4. The van der Waals surface area contributed by atoms with Crippen LogP contribution in [0, 0.1) is 0 Å². The molecule has 21 heavy (non-hydrogen) atoms. The number of rotatable bonds is 4. The molecule has 0 spiro atoms. The largest absolute Gasteiger partial charge is 0.365 e. The Morgan fingerprint density at radius 3 is 2.86 bits per heavy atom. The van der Waals surface area contributed by atoms with E-state index in [1.54, 1.807) is 34.8 Å². The zero-order chi connectivity index (χ0) is 15.0. The summed E-state index contributed by atoms with van der Waals surface area (Å²) in [6.45, 7) is 0.158. The summed E-state index contributed by atoms with van der Waals surface area (Å²) in [7, 11) is 1.58. The third kappa shape index (κ3) is 2.38. The molecule has 0 radical (unpaired) electrons. The third-order valence-electron chi connectivity index (χ3n) is 2.96. The Morgan fingerprint density at radius 1 is 1.33 bits per heavy atom. The number of nitrogens with one attached hydrogen (secondary N) is 1. The van der Waals surface area contributed by atoms with Crippen LogP contribution in [0.4, 0.5) is 0 Å². The fraction of sp³-hybridized carbons (Fsp3) is 0.167. The third-order valence-corrected chi connectivity index (χ3v) is 4.12. The quantitative estimate of drug-likeness (QED) is 0.713. The van der Waals surface area contributed by atoms with E-state index in [4.69, 9.17) is 5.73 Å². The minimum atomic E-state index is -0.506. The van der Waals surface area contributed by atoms with Crippen LogP contribution in [0.2, 0.25) is 0 Å². The first-order valence-electron chi connectivity index (χ1n) is 6.09. The lowest BCUT2D eigenvalue weighted by Crippen LogP contribution is -2.23. The standard InChI is InChI=1S/C12H12N6O2S/c1-14-10(19)6-17-4-7(2-15-17)9-5-18-12(21-9)8(3-16-18)11(13)20/h2-5H,6H2,1H3,(H2,13,20)(H,14,19). The molecule has 0 aromatic carbocycles. The van der Waals surface area contributed by atoms with E-state index in [2.05, 4.69) is 15.5 Å². The predicted octanol–water partition coefficient (Wildman–Crippen LogP) is 0.104. The molecule has 0 saturated carbocycles. The van der Waals surface area contributed by atoms with E-state index in [0.717, 1.165) is 10.4 Å². The number of hydrogen-bond acceptors (Lipinski definition) is 5. The number of fused-ring (bicyclic) bond motifs is 1. The van der Waals surface area contributed by atoms with Gasteiger partial charge in [-0.1, -0.05) is 0 Å². The molecule has 0 aliphatic heterocycles. The molecule has 3 heterocycles. The van der Waals surface area contributed by atoms with Crippen LogP contribution in [0.25, 0.3) is 15.3 Å². The number of carbonyl (C=O) groups excluding carboxylic acids is 2. The molecular weight excluding hydrogens is 292 g/mol. The van der Waals surface area contributed by atoms with Crippen LogP contribution in [0.3, 0.4) is 0 Å². The molecule has 0 aliphatic rings. The first-order valence-corrected chi connectivity index (χ1v) is 6.90. The van der Waals surface area contributed by atoms with Crippen LogP contribution >= 0.6 is 11.3 Å². The number of amides is 2. The van der Waals surface area contributed by atoms with Gasteiger partial charge >= 0.3 is 0 Å². The SMILES string of the molecule is CNC(=O)Cn1cc(-c2cn3ncc(C(N)=O)c3s2)cn1. The molecule has 8 nitrogen and oxygen atoms in total. The molecule has 3 aromatic heterocycles.